The van der Waals surface area contributed by atoms with Crippen LogP contribution < -0.4 is 0 Å². The van der Waals surface area contributed by atoms with Crippen LogP contribution in [0.15, 0.2) is 30.3 Å². The van der Waals surface area contributed by atoms with Crippen LogP contribution in [0.25, 0.3) is 0 Å². The zero-order valence-corrected chi connectivity index (χ0v) is 8.86. The van der Waals surface area contributed by atoms with Crippen LogP contribution in [-0.2, 0) is 4.79 Å². The third-order valence-corrected chi connectivity index (χ3v) is 1.45. The van der Waals surface area contributed by atoms with Gasteiger partial charge in [0.05, 0.1) is 0 Å². The molecule has 0 saturated carbocycles. The molecule has 0 atom stereocenters. The minimum absolute atomic E-state index is 0.121. The SMILES string of the molecule is CC(=O)c1ccccc1.CC(C)C=O. The van der Waals surface area contributed by atoms with E-state index >= 15 is 0 Å². The molecule has 0 spiro atoms. The van der Waals surface area contributed by atoms with Crippen LogP contribution in [0.5, 0.6) is 0 Å². The molecule has 0 heterocycles. The molecule has 0 aromatic heterocycles. The van der Waals surface area contributed by atoms with E-state index in [4.69, 9.17) is 0 Å². The van der Waals surface area contributed by atoms with Crippen molar-refractivity contribution in [2.75, 3.05) is 0 Å². The summed E-state index contributed by atoms with van der Waals surface area (Å²) in [5.74, 6) is 0.325. The van der Waals surface area contributed by atoms with Crippen LogP contribution in [0.1, 0.15) is 31.1 Å². The van der Waals surface area contributed by atoms with Crippen molar-refractivity contribution >= 4 is 12.1 Å². The predicted molar refractivity (Wildman–Crippen MR) is 57.3 cm³/mol. The Balaban J connectivity index is 0.000000292. The molecule has 0 unspecified atom stereocenters. The fourth-order valence-electron chi connectivity index (χ4n) is 0.673. The predicted octanol–water partition coefficient (Wildman–Crippen LogP) is 2.73. The smallest absolute Gasteiger partial charge is 0.159 e. The van der Waals surface area contributed by atoms with Crippen molar-refractivity contribution in [3.63, 3.8) is 0 Å². The van der Waals surface area contributed by atoms with E-state index in [0.29, 0.717) is 0 Å². The molecule has 0 fully saturated rings. The van der Waals surface area contributed by atoms with Crippen molar-refractivity contribution in [2.24, 2.45) is 5.92 Å². The Kier molecular flexibility index (Phi) is 6.29. The van der Waals surface area contributed by atoms with Gasteiger partial charge in [-0.25, -0.2) is 0 Å². The molecule has 0 radical (unpaired) electrons. The Morgan fingerprint density at radius 2 is 1.64 bits per heavy atom. The molecule has 1 aromatic rings. The molecule has 0 saturated heterocycles. The first-order valence-electron chi connectivity index (χ1n) is 4.59. The number of Topliss-reactive ketones (excluding diaryl/α,β-unsaturated/α-hetero) is 1. The number of rotatable bonds is 2. The maximum atomic E-state index is 10.6. The maximum absolute atomic E-state index is 10.6. The average Bonchev–Trinajstić information content (AvgIpc) is 2.20. The number of benzene rings is 1. The van der Waals surface area contributed by atoms with E-state index in [2.05, 4.69) is 0 Å². The van der Waals surface area contributed by atoms with Gasteiger partial charge >= 0.3 is 0 Å². The van der Waals surface area contributed by atoms with Crippen LogP contribution >= 0.6 is 0 Å². The lowest BCUT2D eigenvalue weighted by atomic mass is 10.2. The van der Waals surface area contributed by atoms with Crippen LogP contribution in [-0.4, -0.2) is 12.1 Å². The van der Waals surface area contributed by atoms with Crippen molar-refractivity contribution in [1.29, 1.82) is 0 Å². The van der Waals surface area contributed by atoms with E-state index in [-0.39, 0.29) is 11.7 Å². The number of hydrogen-bond donors (Lipinski definition) is 0. The lowest BCUT2D eigenvalue weighted by molar-refractivity contribution is -0.110. The number of carbonyl (C=O) groups is 2. The lowest BCUT2D eigenvalue weighted by Crippen LogP contribution is -1.88. The zero-order chi connectivity index (χ0) is 11.0. The van der Waals surface area contributed by atoms with Gasteiger partial charge in [0, 0.05) is 11.5 Å². The van der Waals surface area contributed by atoms with E-state index in [1.165, 1.54) is 0 Å². The molecule has 2 nitrogen and oxygen atoms in total. The summed E-state index contributed by atoms with van der Waals surface area (Å²) >= 11 is 0. The fraction of sp³-hybridized carbons (Fsp3) is 0.333. The van der Waals surface area contributed by atoms with Gasteiger partial charge in [-0.05, 0) is 6.92 Å². The molecular weight excluding hydrogens is 176 g/mol. The molecule has 0 aliphatic carbocycles. The summed E-state index contributed by atoms with van der Waals surface area (Å²) in [6.45, 7) is 5.27. The van der Waals surface area contributed by atoms with E-state index in [1.54, 1.807) is 6.92 Å². The van der Waals surface area contributed by atoms with Crippen LogP contribution in [0.2, 0.25) is 0 Å². The zero-order valence-electron chi connectivity index (χ0n) is 8.86. The van der Waals surface area contributed by atoms with Crippen molar-refractivity contribution in [2.45, 2.75) is 20.8 Å². The van der Waals surface area contributed by atoms with Gasteiger partial charge in [-0.2, -0.15) is 0 Å². The van der Waals surface area contributed by atoms with E-state index < -0.39 is 0 Å². The van der Waals surface area contributed by atoms with Crippen molar-refractivity contribution in [1.82, 2.24) is 0 Å². The number of carbonyl (C=O) groups excluding carboxylic acids is 2. The quantitative estimate of drug-likeness (QED) is 0.533. The van der Waals surface area contributed by atoms with Crippen molar-refractivity contribution in [3.8, 4) is 0 Å². The fourth-order valence-corrected chi connectivity index (χ4v) is 0.673. The van der Waals surface area contributed by atoms with Gasteiger partial charge in [0.25, 0.3) is 0 Å². The molecule has 0 bridgehead atoms. The van der Waals surface area contributed by atoms with Crippen LogP contribution in [0.3, 0.4) is 0 Å². The minimum Gasteiger partial charge on any atom is -0.303 e. The summed E-state index contributed by atoms with van der Waals surface area (Å²) in [5.41, 5.74) is 0.775. The molecule has 0 aliphatic rings. The topological polar surface area (TPSA) is 34.1 Å². The number of aldehydes is 1. The molecule has 2 heteroatoms. The normalized spacial score (nSPS) is 8.86. The van der Waals surface area contributed by atoms with Crippen molar-refractivity contribution < 1.29 is 9.59 Å². The molecule has 0 N–H and O–H groups in total. The Bertz CT molecular complexity index is 276. The molecule has 1 aromatic carbocycles. The van der Waals surface area contributed by atoms with Gasteiger partial charge in [0.15, 0.2) is 5.78 Å². The third kappa shape index (κ3) is 6.12. The van der Waals surface area contributed by atoms with Crippen LogP contribution in [0, 0.1) is 5.92 Å². The molecule has 0 amide bonds. The third-order valence-electron chi connectivity index (χ3n) is 1.45. The summed E-state index contributed by atoms with van der Waals surface area (Å²) in [6.07, 6.45) is 0.917. The highest BCUT2D eigenvalue weighted by Crippen LogP contribution is 1.97. The Morgan fingerprint density at radius 3 is 1.86 bits per heavy atom. The first-order valence-corrected chi connectivity index (χ1v) is 4.59. The molecule has 14 heavy (non-hydrogen) atoms. The highest BCUT2D eigenvalue weighted by Gasteiger charge is 1.92. The molecule has 0 aliphatic heterocycles. The summed E-state index contributed by atoms with van der Waals surface area (Å²) in [6, 6.07) is 9.23. The highest BCUT2D eigenvalue weighted by molar-refractivity contribution is 5.93. The summed E-state index contributed by atoms with van der Waals surface area (Å²) in [7, 11) is 0. The first kappa shape index (κ1) is 12.6. The standard InChI is InChI=1S/C8H8O.C4H8O/c1-7(9)8-5-3-2-4-6-8;1-4(2)3-5/h2-6H,1H3;3-4H,1-2H3. The first-order chi connectivity index (χ1) is 6.57. The Morgan fingerprint density at radius 1 is 1.21 bits per heavy atom. The second-order valence-electron chi connectivity index (χ2n) is 3.30. The average molecular weight is 192 g/mol. The molecule has 1 rings (SSSR count). The number of ketones is 1. The lowest BCUT2D eigenvalue weighted by Gasteiger charge is -1.89. The van der Waals surface area contributed by atoms with E-state index in [9.17, 15) is 9.59 Å². The Hall–Kier alpha value is -1.44. The summed E-state index contributed by atoms with van der Waals surface area (Å²) < 4.78 is 0. The second kappa shape index (κ2) is 7.01. The van der Waals surface area contributed by atoms with E-state index in [1.807, 2.05) is 44.2 Å². The maximum Gasteiger partial charge on any atom is 0.159 e. The van der Waals surface area contributed by atoms with Gasteiger partial charge in [-0.1, -0.05) is 44.2 Å². The summed E-state index contributed by atoms with van der Waals surface area (Å²) in [5, 5.41) is 0. The van der Waals surface area contributed by atoms with E-state index in [0.717, 1.165) is 11.8 Å². The monoisotopic (exact) mass is 192 g/mol. The van der Waals surface area contributed by atoms with Gasteiger partial charge in [0.1, 0.15) is 6.29 Å². The van der Waals surface area contributed by atoms with Gasteiger partial charge < -0.3 is 4.79 Å². The highest BCUT2D eigenvalue weighted by atomic mass is 16.1. The summed E-state index contributed by atoms with van der Waals surface area (Å²) in [4.78, 5) is 20.2. The second-order valence-corrected chi connectivity index (χ2v) is 3.30. The van der Waals surface area contributed by atoms with Gasteiger partial charge in [-0.15, -0.1) is 0 Å². The Labute approximate surface area is 84.9 Å². The molecule has 76 valence electrons. The number of hydrogen-bond acceptors (Lipinski definition) is 2. The van der Waals surface area contributed by atoms with Crippen molar-refractivity contribution in [3.05, 3.63) is 35.9 Å². The minimum atomic E-state index is 0.121. The van der Waals surface area contributed by atoms with Crippen LogP contribution in [0.4, 0.5) is 0 Å². The molecular formula is C12H16O2. The largest absolute Gasteiger partial charge is 0.303 e. The van der Waals surface area contributed by atoms with Gasteiger partial charge in [0.2, 0.25) is 0 Å². The van der Waals surface area contributed by atoms with Gasteiger partial charge in [-0.3, -0.25) is 4.79 Å².